The molecule has 3 nitrogen and oxygen atoms in total. The first-order valence-electron chi connectivity index (χ1n) is 6.57. The Labute approximate surface area is 108 Å². The second-order valence-electron chi connectivity index (χ2n) is 5.11. The van der Waals surface area contributed by atoms with Gasteiger partial charge in [-0.2, -0.15) is 0 Å². The molecule has 1 fully saturated rings. The first kappa shape index (κ1) is 13.3. The summed E-state index contributed by atoms with van der Waals surface area (Å²) in [7, 11) is 2.13. The van der Waals surface area contributed by atoms with E-state index in [1.807, 2.05) is 13.0 Å². The van der Waals surface area contributed by atoms with Gasteiger partial charge in [0.25, 0.3) is 0 Å². The fourth-order valence-corrected chi connectivity index (χ4v) is 2.54. The smallest absolute Gasteiger partial charge is 0.130 e. The van der Waals surface area contributed by atoms with Gasteiger partial charge >= 0.3 is 0 Å². The zero-order valence-corrected chi connectivity index (χ0v) is 11.2. The minimum atomic E-state index is -0.276. The average molecular weight is 251 g/mol. The Hall–Kier alpha value is -1.13. The van der Waals surface area contributed by atoms with E-state index in [2.05, 4.69) is 16.8 Å². The minimum Gasteiger partial charge on any atom is -0.370 e. The summed E-state index contributed by atoms with van der Waals surface area (Å²) in [5.74, 6) is -0.194. The maximum atomic E-state index is 13.9. The molecular weight excluding hydrogens is 229 g/mol. The lowest BCUT2D eigenvalue weighted by atomic mass is 10.0. The molecule has 0 aromatic heterocycles. The molecule has 4 heteroatoms. The number of likely N-dealkylation sites (N-methyl/N-ethyl adjacent to an activating group) is 1. The summed E-state index contributed by atoms with van der Waals surface area (Å²) in [6.07, 6.45) is 1.10. The summed E-state index contributed by atoms with van der Waals surface area (Å²) in [4.78, 5) is 4.57. The largest absolute Gasteiger partial charge is 0.370 e. The standard InChI is InChI=1S/C14H22FN3/c1-11(16)14-12(15)5-3-6-13(14)18-8-4-7-17(2)9-10-18/h3,5-6,11H,4,7-10,16H2,1-2H3. The van der Waals surface area contributed by atoms with E-state index in [1.54, 1.807) is 6.07 Å². The normalized spacial score (nSPS) is 19.7. The lowest BCUT2D eigenvalue weighted by Gasteiger charge is -2.27. The van der Waals surface area contributed by atoms with E-state index in [0.717, 1.165) is 38.3 Å². The van der Waals surface area contributed by atoms with Crippen LogP contribution >= 0.6 is 0 Å². The maximum Gasteiger partial charge on any atom is 0.130 e. The molecule has 1 saturated heterocycles. The molecule has 0 radical (unpaired) electrons. The third kappa shape index (κ3) is 2.82. The number of nitrogens with two attached hydrogens (primary N) is 1. The molecule has 0 aliphatic carbocycles. The first-order valence-corrected chi connectivity index (χ1v) is 6.57. The van der Waals surface area contributed by atoms with Gasteiger partial charge in [0.15, 0.2) is 0 Å². The SMILES string of the molecule is CC(N)c1c(F)cccc1N1CCCN(C)CC1. The van der Waals surface area contributed by atoms with Crippen molar-refractivity contribution in [2.75, 3.05) is 38.1 Å². The topological polar surface area (TPSA) is 32.5 Å². The zero-order chi connectivity index (χ0) is 13.1. The van der Waals surface area contributed by atoms with Crippen LogP contribution in [0.3, 0.4) is 0 Å². The van der Waals surface area contributed by atoms with Gasteiger partial charge in [0.2, 0.25) is 0 Å². The van der Waals surface area contributed by atoms with Crippen molar-refractivity contribution >= 4 is 5.69 Å². The van der Waals surface area contributed by atoms with Crippen LogP contribution in [0.25, 0.3) is 0 Å². The summed E-state index contributed by atoms with van der Waals surface area (Å²) in [6.45, 7) is 5.84. The number of hydrogen-bond donors (Lipinski definition) is 1. The summed E-state index contributed by atoms with van der Waals surface area (Å²) in [5.41, 5.74) is 7.51. The van der Waals surface area contributed by atoms with Crippen LogP contribution in [-0.2, 0) is 0 Å². The van der Waals surface area contributed by atoms with Crippen molar-refractivity contribution in [3.05, 3.63) is 29.6 Å². The van der Waals surface area contributed by atoms with Crippen molar-refractivity contribution in [1.29, 1.82) is 0 Å². The highest BCUT2D eigenvalue weighted by Gasteiger charge is 2.19. The fraction of sp³-hybridized carbons (Fsp3) is 0.571. The van der Waals surface area contributed by atoms with Crippen LogP contribution in [0.1, 0.15) is 24.9 Å². The molecule has 1 aliphatic rings. The number of anilines is 1. The number of rotatable bonds is 2. The Kier molecular flexibility index (Phi) is 4.19. The molecule has 1 heterocycles. The molecule has 2 rings (SSSR count). The lowest BCUT2D eigenvalue weighted by Crippen LogP contribution is -2.30. The number of hydrogen-bond acceptors (Lipinski definition) is 3. The van der Waals surface area contributed by atoms with E-state index in [0.29, 0.717) is 5.56 Å². The van der Waals surface area contributed by atoms with Crippen molar-refractivity contribution < 1.29 is 4.39 Å². The number of nitrogens with zero attached hydrogens (tertiary/aromatic N) is 2. The maximum absolute atomic E-state index is 13.9. The Morgan fingerprint density at radius 2 is 2.00 bits per heavy atom. The van der Waals surface area contributed by atoms with Gasteiger partial charge in [0.1, 0.15) is 5.82 Å². The molecule has 18 heavy (non-hydrogen) atoms. The van der Waals surface area contributed by atoms with E-state index in [1.165, 1.54) is 6.07 Å². The van der Waals surface area contributed by atoms with Gasteiger partial charge in [0.05, 0.1) is 0 Å². The van der Waals surface area contributed by atoms with Crippen LogP contribution in [0.15, 0.2) is 18.2 Å². The molecule has 0 spiro atoms. The van der Waals surface area contributed by atoms with Crippen LogP contribution in [0.5, 0.6) is 0 Å². The quantitative estimate of drug-likeness (QED) is 0.872. The Balaban J connectivity index is 2.29. The van der Waals surface area contributed by atoms with Crippen molar-refractivity contribution in [3.8, 4) is 0 Å². The second-order valence-corrected chi connectivity index (χ2v) is 5.11. The molecule has 1 unspecified atom stereocenters. The first-order chi connectivity index (χ1) is 8.59. The van der Waals surface area contributed by atoms with E-state index in [-0.39, 0.29) is 11.9 Å². The predicted molar refractivity (Wildman–Crippen MR) is 73.3 cm³/mol. The highest BCUT2D eigenvalue weighted by atomic mass is 19.1. The molecule has 0 saturated carbocycles. The van der Waals surface area contributed by atoms with Gasteiger partial charge in [0, 0.05) is 36.9 Å². The van der Waals surface area contributed by atoms with Gasteiger partial charge in [-0.1, -0.05) is 6.07 Å². The minimum absolute atomic E-state index is 0.194. The lowest BCUT2D eigenvalue weighted by molar-refractivity contribution is 0.360. The molecule has 1 aromatic rings. The summed E-state index contributed by atoms with van der Waals surface area (Å²) in [5, 5.41) is 0. The molecule has 2 N–H and O–H groups in total. The van der Waals surface area contributed by atoms with Gasteiger partial charge < -0.3 is 15.5 Å². The molecule has 1 aromatic carbocycles. The van der Waals surface area contributed by atoms with Crippen LogP contribution in [0.2, 0.25) is 0 Å². The summed E-state index contributed by atoms with van der Waals surface area (Å²) < 4.78 is 13.9. The average Bonchev–Trinajstić information content (AvgIpc) is 2.53. The number of halogens is 1. The third-order valence-corrected chi connectivity index (χ3v) is 3.55. The van der Waals surface area contributed by atoms with Crippen LogP contribution < -0.4 is 10.6 Å². The molecule has 0 amide bonds. The Bertz CT molecular complexity index is 406. The molecule has 0 bridgehead atoms. The molecular formula is C14H22FN3. The zero-order valence-electron chi connectivity index (χ0n) is 11.2. The van der Waals surface area contributed by atoms with Gasteiger partial charge in [-0.05, 0) is 39.1 Å². The van der Waals surface area contributed by atoms with Gasteiger partial charge in [-0.3, -0.25) is 0 Å². The molecule has 1 atom stereocenters. The van der Waals surface area contributed by atoms with Crippen molar-refractivity contribution in [3.63, 3.8) is 0 Å². The number of benzene rings is 1. The van der Waals surface area contributed by atoms with Gasteiger partial charge in [-0.25, -0.2) is 4.39 Å². The fourth-order valence-electron chi connectivity index (χ4n) is 2.54. The predicted octanol–water partition coefficient (Wildman–Crippen LogP) is 1.99. The molecule has 1 aliphatic heterocycles. The Morgan fingerprint density at radius 3 is 2.72 bits per heavy atom. The molecule has 100 valence electrons. The summed E-state index contributed by atoms with van der Waals surface area (Å²) in [6, 6.07) is 4.96. The highest BCUT2D eigenvalue weighted by Crippen LogP contribution is 2.28. The summed E-state index contributed by atoms with van der Waals surface area (Å²) >= 11 is 0. The van der Waals surface area contributed by atoms with Crippen LogP contribution in [0.4, 0.5) is 10.1 Å². The van der Waals surface area contributed by atoms with Crippen LogP contribution in [0, 0.1) is 5.82 Å². The second kappa shape index (κ2) is 5.67. The van der Waals surface area contributed by atoms with Crippen molar-refractivity contribution in [2.24, 2.45) is 5.73 Å². The Morgan fingerprint density at radius 1 is 1.22 bits per heavy atom. The third-order valence-electron chi connectivity index (χ3n) is 3.55. The van der Waals surface area contributed by atoms with Crippen molar-refractivity contribution in [2.45, 2.75) is 19.4 Å². The monoisotopic (exact) mass is 251 g/mol. The van der Waals surface area contributed by atoms with Crippen LogP contribution in [-0.4, -0.2) is 38.1 Å². The van der Waals surface area contributed by atoms with E-state index in [9.17, 15) is 4.39 Å². The van der Waals surface area contributed by atoms with Gasteiger partial charge in [-0.15, -0.1) is 0 Å². The highest BCUT2D eigenvalue weighted by molar-refractivity contribution is 5.55. The van der Waals surface area contributed by atoms with E-state index < -0.39 is 0 Å². The van der Waals surface area contributed by atoms with E-state index in [4.69, 9.17) is 5.73 Å². The van der Waals surface area contributed by atoms with Crippen molar-refractivity contribution in [1.82, 2.24) is 4.90 Å². The van der Waals surface area contributed by atoms with E-state index >= 15 is 0 Å².